The smallest absolute Gasteiger partial charge is 0.255 e. The summed E-state index contributed by atoms with van der Waals surface area (Å²) in [4.78, 5) is 14.1. The van der Waals surface area contributed by atoms with E-state index >= 15 is 0 Å². The van der Waals surface area contributed by atoms with Crippen molar-refractivity contribution in [3.05, 3.63) is 33.8 Å². The molecule has 118 valence electrons. The molecule has 2 rings (SSSR count). The summed E-state index contributed by atoms with van der Waals surface area (Å²) >= 11 is 3.12. The second-order valence-electron chi connectivity index (χ2n) is 5.00. The fourth-order valence-electron chi connectivity index (χ4n) is 2.43. The van der Waals surface area contributed by atoms with Gasteiger partial charge in [-0.25, -0.2) is 8.78 Å². The molecule has 1 saturated heterocycles. The standard InChI is InChI=1S/C14H17BrF2N2O.ClH/c1-19(9-3-2-5-18-6-4-9)14(20)10-7-12(16)13(17)8-11(10)15;/h7-9,18H,2-6H2,1H3;1H. The number of nitrogens with one attached hydrogen (secondary N) is 1. The van der Waals surface area contributed by atoms with Crippen molar-refractivity contribution in [2.45, 2.75) is 25.3 Å². The maximum absolute atomic E-state index is 13.3. The van der Waals surface area contributed by atoms with E-state index in [0.29, 0.717) is 0 Å². The first-order valence-electron chi connectivity index (χ1n) is 6.63. The van der Waals surface area contributed by atoms with Gasteiger partial charge in [0.05, 0.1) is 5.56 Å². The van der Waals surface area contributed by atoms with Crippen molar-refractivity contribution in [3.63, 3.8) is 0 Å². The number of halogens is 4. The third-order valence-corrected chi connectivity index (χ3v) is 4.31. The average molecular weight is 384 g/mol. The first-order chi connectivity index (χ1) is 9.50. The zero-order valence-corrected chi connectivity index (χ0v) is 14.1. The van der Waals surface area contributed by atoms with Crippen LogP contribution in [0.3, 0.4) is 0 Å². The lowest BCUT2D eigenvalue weighted by Crippen LogP contribution is -2.37. The van der Waals surface area contributed by atoms with Crippen LogP contribution in [-0.4, -0.2) is 37.0 Å². The molecule has 1 fully saturated rings. The molecule has 0 saturated carbocycles. The second kappa shape index (κ2) is 8.06. The van der Waals surface area contributed by atoms with E-state index in [4.69, 9.17) is 0 Å². The van der Waals surface area contributed by atoms with Gasteiger partial charge in [0, 0.05) is 17.6 Å². The Labute approximate surface area is 137 Å². The SMILES string of the molecule is CN(C(=O)c1cc(F)c(F)cc1Br)C1CCCNCC1.Cl. The Hall–Kier alpha value is -0.720. The molecule has 1 aliphatic heterocycles. The summed E-state index contributed by atoms with van der Waals surface area (Å²) in [6.07, 6.45) is 2.78. The number of carbonyl (C=O) groups is 1. The van der Waals surface area contributed by atoms with Crippen molar-refractivity contribution in [1.82, 2.24) is 10.2 Å². The Kier molecular flexibility index (Phi) is 7.03. The minimum Gasteiger partial charge on any atom is -0.339 e. The monoisotopic (exact) mass is 382 g/mol. The van der Waals surface area contributed by atoms with Crippen molar-refractivity contribution in [1.29, 1.82) is 0 Å². The average Bonchev–Trinajstić information content (AvgIpc) is 2.70. The second-order valence-corrected chi connectivity index (χ2v) is 5.85. The third-order valence-electron chi connectivity index (χ3n) is 3.65. The summed E-state index contributed by atoms with van der Waals surface area (Å²) in [6, 6.07) is 2.07. The zero-order chi connectivity index (χ0) is 14.7. The molecule has 1 atom stereocenters. The first kappa shape index (κ1) is 18.3. The van der Waals surface area contributed by atoms with Gasteiger partial charge in [-0.2, -0.15) is 0 Å². The Morgan fingerprint density at radius 3 is 2.67 bits per heavy atom. The van der Waals surface area contributed by atoms with Crippen LogP contribution in [0, 0.1) is 11.6 Å². The molecular formula is C14H18BrClF2N2O. The van der Waals surface area contributed by atoms with Crippen LogP contribution >= 0.6 is 28.3 Å². The fourth-order valence-corrected chi connectivity index (χ4v) is 2.92. The van der Waals surface area contributed by atoms with Crippen LogP contribution in [-0.2, 0) is 0 Å². The number of nitrogens with zero attached hydrogens (tertiary/aromatic N) is 1. The lowest BCUT2D eigenvalue weighted by molar-refractivity contribution is 0.0719. The van der Waals surface area contributed by atoms with Crippen LogP contribution in [0.15, 0.2) is 16.6 Å². The molecule has 7 heteroatoms. The van der Waals surface area contributed by atoms with E-state index in [1.807, 2.05) is 0 Å². The first-order valence-corrected chi connectivity index (χ1v) is 7.42. The molecule has 1 aromatic rings. The molecule has 1 aromatic carbocycles. The molecule has 0 bridgehead atoms. The van der Waals surface area contributed by atoms with E-state index < -0.39 is 11.6 Å². The summed E-state index contributed by atoms with van der Waals surface area (Å²) in [5.74, 6) is -2.26. The number of carbonyl (C=O) groups excluding carboxylic acids is 1. The van der Waals surface area contributed by atoms with Gasteiger partial charge in [0.1, 0.15) is 0 Å². The van der Waals surface area contributed by atoms with E-state index in [9.17, 15) is 13.6 Å². The van der Waals surface area contributed by atoms with Crippen LogP contribution in [0.2, 0.25) is 0 Å². The van der Waals surface area contributed by atoms with Crippen LogP contribution in [0.1, 0.15) is 29.6 Å². The van der Waals surface area contributed by atoms with Crippen molar-refractivity contribution < 1.29 is 13.6 Å². The van der Waals surface area contributed by atoms with Crippen LogP contribution in [0.25, 0.3) is 0 Å². The molecule has 0 spiro atoms. The summed E-state index contributed by atoms with van der Waals surface area (Å²) in [7, 11) is 1.71. The van der Waals surface area contributed by atoms with Gasteiger partial charge in [-0.15, -0.1) is 12.4 Å². The Bertz CT molecular complexity index is 508. The molecule has 0 aromatic heterocycles. The maximum atomic E-state index is 13.3. The predicted molar refractivity (Wildman–Crippen MR) is 83.9 cm³/mol. The maximum Gasteiger partial charge on any atom is 0.255 e. The minimum atomic E-state index is -1.01. The van der Waals surface area contributed by atoms with E-state index in [-0.39, 0.29) is 34.4 Å². The minimum absolute atomic E-state index is 0. The van der Waals surface area contributed by atoms with Crippen molar-refractivity contribution in [2.24, 2.45) is 0 Å². The number of hydrogen-bond donors (Lipinski definition) is 1. The van der Waals surface area contributed by atoms with E-state index in [1.54, 1.807) is 11.9 Å². The summed E-state index contributed by atoms with van der Waals surface area (Å²) in [6.45, 7) is 1.81. The molecule has 0 radical (unpaired) electrons. The van der Waals surface area contributed by atoms with Gasteiger partial charge in [0.15, 0.2) is 11.6 Å². The molecule has 0 aliphatic carbocycles. The van der Waals surface area contributed by atoms with Gasteiger partial charge >= 0.3 is 0 Å². The largest absolute Gasteiger partial charge is 0.339 e. The highest BCUT2D eigenvalue weighted by molar-refractivity contribution is 9.10. The summed E-state index contributed by atoms with van der Waals surface area (Å²) in [5.41, 5.74) is 0.156. The lowest BCUT2D eigenvalue weighted by Gasteiger charge is -2.27. The zero-order valence-electron chi connectivity index (χ0n) is 11.7. The Morgan fingerprint density at radius 1 is 1.29 bits per heavy atom. The number of benzene rings is 1. The van der Waals surface area contributed by atoms with Crippen LogP contribution in [0.5, 0.6) is 0 Å². The van der Waals surface area contributed by atoms with Gasteiger partial charge < -0.3 is 10.2 Å². The highest BCUT2D eigenvalue weighted by Crippen LogP contribution is 2.23. The lowest BCUT2D eigenvalue weighted by atomic mass is 10.1. The van der Waals surface area contributed by atoms with E-state index in [1.165, 1.54) is 0 Å². The van der Waals surface area contributed by atoms with Crippen molar-refractivity contribution in [3.8, 4) is 0 Å². The number of rotatable bonds is 2. The van der Waals surface area contributed by atoms with E-state index in [0.717, 1.165) is 44.5 Å². The van der Waals surface area contributed by atoms with Gasteiger partial charge in [-0.1, -0.05) is 0 Å². The number of hydrogen-bond acceptors (Lipinski definition) is 2. The molecular weight excluding hydrogens is 366 g/mol. The number of amides is 1. The van der Waals surface area contributed by atoms with Gasteiger partial charge in [0.2, 0.25) is 0 Å². The quantitative estimate of drug-likeness (QED) is 0.794. The molecule has 21 heavy (non-hydrogen) atoms. The molecule has 3 nitrogen and oxygen atoms in total. The highest BCUT2D eigenvalue weighted by Gasteiger charge is 2.24. The van der Waals surface area contributed by atoms with Gasteiger partial charge in [0.25, 0.3) is 5.91 Å². The molecule has 1 N–H and O–H groups in total. The van der Waals surface area contributed by atoms with Crippen molar-refractivity contribution >= 4 is 34.2 Å². The summed E-state index contributed by atoms with van der Waals surface area (Å²) in [5, 5.41) is 3.28. The van der Waals surface area contributed by atoms with Crippen molar-refractivity contribution in [2.75, 3.05) is 20.1 Å². The van der Waals surface area contributed by atoms with Gasteiger partial charge in [-0.05, 0) is 60.4 Å². The normalized spacial score (nSPS) is 18.6. The third kappa shape index (κ3) is 4.37. The Morgan fingerprint density at radius 2 is 1.95 bits per heavy atom. The van der Waals surface area contributed by atoms with Crippen LogP contribution in [0.4, 0.5) is 8.78 Å². The fraction of sp³-hybridized carbons (Fsp3) is 0.500. The molecule has 1 heterocycles. The molecule has 1 unspecified atom stereocenters. The van der Waals surface area contributed by atoms with E-state index in [2.05, 4.69) is 21.2 Å². The topological polar surface area (TPSA) is 32.3 Å². The summed E-state index contributed by atoms with van der Waals surface area (Å²) < 4.78 is 26.7. The predicted octanol–water partition coefficient (Wildman–Crippen LogP) is 3.36. The molecule has 1 amide bonds. The Balaban J connectivity index is 0.00000220. The van der Waals surface area contributed by atoms with Gasteiger partial charge in [-0.3, -0.25) is 4.79 Å². The van der Waals surface area contributed by atoms with Crippen LogP contribution < -0.4 is 5.32 Å². The highest BCUT2D eigenvalue weighted by atomic mass is 79.9. The molecule has 1 aliphatic rings.